The molecular formula is C20H20N2O3S2. The summed E-state index contributed by atoms with van der Waals surface area (Å²) in [7, 11) is 0. The number of carbonyl (C=O) groups is 1. The number of thiazole rings is 1. The molecule has 140 valence electrons. The lowest BCUT2D eigenvalue weighted by Gasteiger charge is -2.17. The molecule has 0 fully saturated rings. The van der Waals surface area contributed by atoms with E-state index in [1.807, 2.05) is 30.0 Å². The van der Waals surface area contributed by atoms with Crippen LogP contribution in [-0.2, 0) is 10.5 Å². The Kier molecular flexibility index (Phi) is 5.79. The number of aromatic nitrogens is 1. The minimum atomic E-state index is 0.00614. The number of hydrogen-bond donors (Lipinski definition) is 1. The number of anilines is 1. The van der Waals surface area contributed by atoms with Crippen molar-refractivity contribution in [2.24, 2.45) is 0 Å². The van der Waals surface area contributed by atoms with Gasteiger partial charge in [-0.15, -0.1) is 0 Å². The second-order valence-electron chi connectivity index (χ2n) is 6.17. The quantitative estimate of drug-likeness (QED) is 0.582. The number of carbonyl (C=O) groups excluding carboxylic acids is 1. The average Bonchev–Trinajstić information content (AvgIpc) is 3.07. The van der Waals surface area contributed by atoms with Crippen molar-refractivity contribution in [3.05, 3.63) is 48.0 Å². The summed E-state index contributed by atoms with van der Waals surface area (Å²) < 4.78 is 12.2. The van der Waals surface area contributed by atoms with Crippen molar-refractivity contribution in [2.75, 3.05) is 24.3 Å². The first kappa shape index (κ1) is 18.1. The third kappa shape index (κ3) is 4.73. The van der Waals surface area contributed by atoms with Crippen LogP contribution in [0.25, 0.3) is 10.2 Å². The molecule has 0 unspecified atom stereocenters. The molecule has 0 saturated carbocycles. The Hall–Kier alpha value is -2.25. The fraction of sp³-hybridized carbons (Fsp3) is 0.300. The number of hydrogen-bond acceptors (Lipinski definition) is 6. The van der Waals surface area contributed by atoms with Crippen molar-refractivity contribution >= 4 is 44.4 Å². The van der Waals surface area contributed by atoms with Crippen LogP contribution in [0.5, 0.6) is 11.5 Å². The van der Waals surface area contributed by atoms with Crippen LogP contribution in [0.4, 0.5) is 5.13 Å². The van der Waals surface area contributed by atoms with E-state index < -0.39 is 0 Å². The normalized spacial score (nSPS) is 12.9. The molecule has 1 amide bonds. The van der Waals surface area contributed by atoms with Crippen molar-refractivity contribution in [3.8, 4) is 11.5 Å². The molecule has 5 nitrogen and oxygen atoms in total. The highest BCUT2D eigenvalue weighted by atomic mass is 32.2. The third-order valence-electron chi connectivity index (χ3n) is 4.10. The minimum absolute atomic E-state index is 0.00614. The molecule has 2 aromatic carbocycles. The second-order valence-corrected chi connectivity index (χ2v) is 8.31. The average molecular weight is 401 g/mol. The molecule has 1 aliphatic rings. The van der Waals surface area contributed by atoms with Crippen LogP contribution in [0.3, 0.4) is 0 Å². The Morgan fingerprint density at radius 2 is 1.93 bits per heavy atom. The van der Waals surface area contributed by atoms with E-state index in [9.17, 15) is 4.79 Å². The zero-order chi connectivity index (χ0) is 18.5. The van der Waals surface area contributed by atoms with Gasteiger partial charge >= 0.3 is 0 Å². The molecule has 3 aromatic rings. The van der Waals surface area contributed by atoms with Crippen LogP contribution in [0, 0.1) is 0 Å². The highest BCUT2D eigenvalue weighted by Crippen LogP contribution is 2.37. The summed E-state index contributed by atoms with van der Waals surface area (Å²) in [5, 5.41) is 3.53. The summed E-state index contributed by atoms with van der Waals surface area (Å²) >= 11 is 3.31. The second kappa shape index (κ2) is 8.63. The monoisotopic (exact) mass is 400 g/mol. The van der Waals surface area contributed by atoms with E-state index in [2.05, 4.69) is 34.6 Å². The van der Waals surface area contributed by atoms with E-state index in [1.54, 1.807) is 0 Å². The number of fused-ring (bicyclic) bond motifs is 2. The van der Waals surface area contributed by atoms with E-state index in [0.717, 1.165) is 33.9 Å². The largest absolute Gasteiger partial charge is 0.486 e. The van der Waals surface area contributed by atoms with Crippen LogP contribution < -0.4 is 14.8 Å². The number of amides is 1. The molecule has 0 bridgehead atoms. The van der Waals surface area contributed by atoms with Gasteiger partial charge in [-0.05, 0) is 17.7 Å². The van der Waals surface area contributed by atoms with Crippen molar-refractivity contribution in [1.29, 1.82) is 0 Å². The van der Waals surface area contributed by atoms with E-state index in [1.165, 1.54) is 16.9 Å². The van der Waals surface area contributed by atoms with Crippen molar-refractivity contribution in [1.82, 2.24) is 4.98 Å². The molecule has 0 saturated heterocycles. The number of nitrogens with zero attached hydrogens (tertiary/aromatic N) is 1. The van der Waals surface area contributed by atoms with Crippen molar-refractivity contribution in [3.63, 3.8) is 0 Å². The van der Waals surface area contributed by atoms with Gasteiger partial charge in [-0.1, -0.05) is 41.7 Å². The smallest absolute Gasteiger partial charge is 0.226 e. The van der Waals surface area contributed by atoms with Gasteiger partial charge < -0.3 is 14.8 Å². The summed E-state index contributed by atoms with van der Waals surface area (Å²) in [5.74, 6) is 3.41. The number of thioether (sulfide) groups is 1. The molecule has 27 heavy (non-hydrogen) atoms. The van der Waals surface area contributed by atoms with E-state index in [0.29, 0.717) is 30.5 Å². The molecule has 1 aliphatic heterocycles. The number of ether oxygens (including phenoxy) is 2. The molecule has 1 aromatic heterocycles. The SMILES string of the molecule is O=C(CCCSCc1ccccc1)Nc1nc2cc3c(cc2s1)OCCO3. The Labute approximate surface area is 166 Å². The van der Waals surface area contributed by atoms with Crippen LogP contribution in [0.15, 0.2) is 42.5 Å². The van der Waals surface area contributed by atoms with Gasteiger partial charge in [0.1, 0.15) is 13.2 Å². The predicted molar refractivity (Wildman–Crippen MR) is 111 cm³/mol. The summed E-state index contributed by atoms with van der Waals surface area (Å²) in [4.78, 5) is 16.7. The van der Waals surface area contributed by atoms with Crippen LogP contribution >= 0.6 is 23.1 Å². The zero-order valence-electron chi connectivity index (χ0n) is 14.8. The molecule has 0 atom stereocenters. The molecule has 0 aliphatic carbocycles. The van der Waals surface area contributed by atoms with Gasteiger partial charge in [0.25, 0.3) is 0 Å². The van der Waals surface area contributed by atoms with Gasteiger partial charge in [-0.25, -0.2) is 4.98 Å². The lowest BCUT2D eigenvalue weighted by molar-refractivity contribution is -0.116. The Bertz CT molecular complexity index is 885. The molecular weight excluding hydrogens is 380 g/mol. The molecule has 0 radical (unpaired) electrons. The highest BCUT2D eigenvalue weighted by molar-refractivity contribution is 7.98. The lowest BCUT2D eigenvalue weighted by atomic mass is 10.2. The van der Waals surface area contributed by atoms with E-state index in [-0.39, 0.29) is 5.91 Å². The van der Waals surface area contributed by atoms with Crippen LogP contribution in [-0.4, -0.2) is 29.9 Å². The van der Waals surface area contributed by atoms with Crippen molar-refractivity contribution < 1.29 is 14.3 Å². The maximum atomic E-state index is 12.2. The van der Waals surface area contributed by atoms with Gasteiger partial charge in [0.15, 0.2) is 16.6 Å². The molecule has 0 spiro atoms. The standard InChI is InChI=1S/C20H20N2O3S2/c23-19(7-4-10-26-13-14-5-2-1-3-6-14)22-20-21-15-11-16-17(12-18(15)27-20)25-9-8-24-16/h1-3,5-6,11-12H,4,7-10,13H2,(H,21,22,23). The summed E-state index contributed by atoms with van der Waals surface area (Å²) in [5.41, 5.74) is 2.13. The van der Waals surface area contributed by atoms with Crippen molar-refractivity contribution in [2.45, 2.75) is 18.6 Å². The first-order valence-corrected chi connectivity index (χ1v) is 10.9. The molecule has 1 N–H and O–H groups in total. The maximum absolute atomic E-state index is 12.2. The molecule has 2 heterocycles. The van der Waals surface area contributed by atoms with E-state index in [4.69, 9.17) is 9.47 Å². The van der Waals surface area contributed by atoms with Gasteiger partial charge in [0, 0.05) is 24.3 Å². The highest BCUT2D eigenvalue weighted by Gasteiger charge is 2.16. The van der Waals surface area contributed by atoms with Gasteiger partial charge in [-0.2, -0.15) is 11.8 Å². The minimum Gasteiger partial charge on any atom is -0.486 e. The Morgan fingerprint density at radius 3 is 2.74 bits per heavy atom. The Balaban J connectivity index is 1.25. The summed E-state index contributed by atoms with van der Waals surface area (Å²) in [6, 6.07) is 14.2. The lowest BCUT2D eigenvalue weighted by Crippen LogP contribution is -2.15. The van der Waals surface area contributed by atoms with E-state index >= 15 is 0 Å². The number of rotatable bonds is 7. The fourth-order valence-electron chi connectivity index (χ4n) is 2.80. The number of nitrogens with one attached hydrogen (secondary N) is 1. The summed E-state index contributed by atoms with van der Waals surface area (Å²) in [6.45, 7) is 1.11. The van der Waals surface area contributed by atoms with Gasteiger partial charge in [-0.3, -0.25) is 4.79 Å². The summed E-state index contributed by atoms with van der Waals surface area (Å²) in [6.07, 6.45) is 1.35. The zero-order valence-corrected chi connectivity index (χ0v) is 16.4. The molecule has 7 heteroatoms. The maximum Gasteiger partial charge on any atom is 0.226 e. The first-order valence-electron chi connectivity index (χ1n) is 8.90. The number of benzene rings is 2. The van der Waals surface area contributed by atoms with Gasteiger partial charge in [0.05, 0.1) is 10.2 Å². The predicted octanol–water partition coefficient (Wildman–Crippen LogP) is 4.72. The Morgan fingerprint density at radius 1 is 1.15 bits per heavy atom. The van der Waals surface area contributed by atoms with Gasteiger partial charge in [0.2, 0.25) is 5.91 Å². The first-order chi connectivity index (χ1) is 13.3. The van der Waals surface area contributed by atoms with Crippen LogP contribution in [0.2, 0.25) is 0 Å². The topological polar surface area (TPSA) is 60.5 Å². The third-order valence-corrected chi connectivity index (χ3v) is 6.15. The fourth-order valence-corrected chi connectivity index (χ4v) is 4.61. The molecule has 4 rings (SSSR count). The van der Waals surface area contributed by atoms with Crippen LogP contribution in [0.1, 0.15) is 18.4 Å².